The van der Waals surface area contributed by atoms with Gasteiger partial charge in [-0.3, -0.25) is 9.89 Å². The second-order valence-corrected chi connectivity index (χ2v) is 8.88. The second-order valence-electron chi connectivity index (χ2n) is 8.88. The maximum atomic E-state index is 6.13. The van der Waals surface area contributed by atoms with Gasteiger partial charge in [-0.15, -0.1) is 0 Å². The van der Waals surface area contributed by atoms with Crippen LogP contribution in [0.2, 0.25) is 0 Å². The third-order valence-electron chi connectivity index (χ3n) is 7.09. The lowest BCUT2D eigenvalue weighted by Crippen LogP contribution is -2.50. The van der Waals surface area contributed by atoms with Crippen molar-refractivity contribution in [3.05, 3.63) is 35.9 Å². The number of ether oxygens (including phenoxy) is 1. The first-order valence-corrected chi connectivity index (χ1v) is 10.6. The molecule has 1 N–H and O–H groups in total. The molecule has 27 heavy (non-hydrogen) atoms. The largest absolute Gasteiger partial charge is 0.373 e. The Morgan fingerprint density at radius 2 is 2.04 bits per heavy atom. The van der Waals surface area contributed by atoms with Gasteiger partial charge in [-0.25, -0.2) is 0 Å². The molecule has 2 aliphatic heterocycles. The summed E-state index contributed by atoms with van der Waals surface area (Å²) in [6.07, 6.45) is 5.98. The minimum atomic E-state index is 0.291. The number of rotatable bonds is 5. The lowest BCUT2D eigenvalue weighted by atomic mass is 10.0. The maximum absolute atomic E-state index is 6.13. The van der Waals surface area contributed by atoms with E-state index in [-0.39, 0.29) is 0 Å². The van der Waals surface area contributed by atoms with Gasteiger partial charge in [-0.1, -0.05) is 30.3 Å². The van der Waals surface area contributed by atoms with Gasteiger partial charge in [-0.2, -0.15) is 0 Å². The average molecular weight is 369 g/mol. The molecule has 2 saturated heterocycles. The van der Waals surface area contributed by atoms with Crippen LogP contribution in [-0.2, 0) is 11.3 Å². The first-order chi connectivity index (χ1) is 13.3. The summed E-state index contributed by atoms with van der Waals surface area (Å²) in [5, 5.41) is 3.71. The molecular weight excluding hydrogens is 336 g/mol. The molecule has 1 aromatic rings. The molecule has 0 aromatic heterocycles. The number of benzene rings is 1. The summed E-state index contributed by atoms with van der Waals surface area (Å²) >= 11 is 0. The lowest BCUT2D eigenvalue weighted by Gasteiger charge is -2.36. The Morgan fingerprint density at radius 3 is 2.74 bits per heavy atom. The number of nitrogens with one attached hydrogen (secondary N) is 1. The normalized spacial score (nSPS) is 30.3. The summed E-state index contributed by atoms with van der Waals surface area (Å²) in [6, 6.07) is 11.3. The summed E-state index contributed by atoms with van der Waals surface area (Å²) in [7, 11) is 1.92. The number of morpholine rings is 1. The van der Waals surface area contributed by atoms with Crippen molar-refractivity contribution in [1.82, 2.24) is 15.1 Å². The molecule has 5 rings (SSSR count). The van der Waals surface area contributed by atoms with Gasteiger partial charge in [-0.05, 0) is 42.6 Å². The molecule has 1 aromatic carbocycles. The molecule has 2 unspecified atom stereocenters. The molecule has 0 amide bonds. The molecule has 5 nitrogen and oxygen atoms in total. The molecule has 2 saturated carbocycles. The van der Waals surface area contributed by atoms with Crippen LogP contribution in [0.5, 0.6) is 0 Å². The van der Waals surface area contributed by atoms with E-state index in [0.717, 1.165) is 51.2 Å². The number of fused-ring (bicyclic) bond motifs is 1. The van der Waals surface area contributed by atoms with Gasteiger partial charge < -0.3 is 15.0 Å². The lowest BCUT2D eigenvalue weighted by molar-refractivity contribution is -0.0502. The van der Waals surface area contributed by atoms with Gasteiger partial charge in [0.15, 0.2) is 5.96 Å². The van der Waals surface area contributed by atoms with Crippen molar-refractivity contribution in [1.29, 1.82) is 0 Å². The van der Waals surface area contributed by atoms with E-state index < -0.39 is 0 Å². The third-order valence-corrected chi connectivity index (χ3v) is 7.09. The molecule has 4 fully saturated rings. The summed E-state index contributed by atoms with van der Waals surface area (Å²) in [4.78, 5) is 9.62. The standard InChI is InChI=1S/C22H32N4O/c1-23-21(24-16-22(9-10-22)18-7-8-18)26-14-19-20(15-26)27-12-11-25(19)13-17-5-3-2-4-6-17/h2-6,18-20H,7-16H2,1H3,(H,23,24). The fourth-order valence-corrected chi connectivity index (χ4v) is 5.12. The van der Waals surface area contributed by atoms with Crippen LogP contribution in [0.3, 0.4) is 0 Å². The smallest absolute Gasteiger partial charge is 0.193 e. The second kappa shape index (κ2) is 7.10. The summed E-state index contributed by atoms with van der Waals surface area (Å²) in [6.45, 7) is 5.92. The number of nitrogens with zero attached hydrogens (tertiary/aromatic N) is 3. The molecule has 4 aliphatic rings. The van der Waals surface area contributed by atoms with E-state index in [1.54, 1.807) is 0 Å². The Morgan fingerprint density at radius 1 is 1.22 bits per heavy atom. The van der Waals surface area contributed by atoms with E-state index in [2.05, 4.69) is 50.4 Å². The van der Waals surface area contributed by atoms with Crippen LogP contribution in [0, 0.1) is 11.3 Å². The van der Waals surface area contributed by atoms with Crippen molar-refractivity contribution < 1.29 is 4.74 Å². The third kappa shape index (κ3) is 3.59. The van der Waals surface area contributed by atoms with E-state index in [1.807, 2.05) is 7.05 Å². The van der Waals surface area contributed by atoms with Gasteiger partial charge in [0.05, 0.1) is 18.8 Å². The van der Waals surface area contributed by atoms with Gasteiger partial charge >= 0.3 is 0 Å². The van der Waals surface area contributed by atoms with Crippen molar-refractivity contribution >= 4 is 5.96 Å². The minimum absolute atomic E-state index is 0.291. The molecule has 2 atom stereocenters. The number of aliphatic imine (C=N–C) groups is 1. The average Bonchev–Trinajstić information content (AvgIpc) is 3.61. The van der Waals surface area contributed by atoms with Crippen LogP contribution >= 0.6 is 0 Å². The highest BCUT2D eigenvalue weighted by atomic mass is 16.5. The van der Waals surface area contributed by atoms with E-state index >= 15 is 0 Å². The first-order valence-electron chi connectivity index (χ1n) is 10.6. The topological polar surface area (TPSA) is 40.1 Å². The Balaban J connectivity index is 1.21. The summed E-state index contributed by atoms with van der Waals surface area (Å²) in [5.41, 5.74) is 1.98. The zero-order valence-electron chi connectivity index (χ0n) is 16.4. The van der Waals surface area contributed by atoms with E-state index in [4.69, 9.17) is 4.74 Å². The Kier molecular flexibility index (Phi) is 4.60. The monoisotopic (exact) mass is 368 g/mol. The SMILES string of the molecule is CN=C(NCC1(C2CC2)CC1)N1CC2OCCN(Cc3ccccc3)C2C1. The molecule has 0 bridgehead atoms. The highest BCUT2D eigenvalue weighted by Crippen LogP contribution is 2.60. The predicted molar refractivity (Wildman–Crippen MR) is 108 cm³/mol. The number of likely N-dealkylation sites (tertiary alicyclic amines) is 1. The summed E-state index contributed by atoms with van der Waals surface area (Å²) < 4.78 is 6.13. The molecule has 0 radical (unpaired) electrons. The van der Waals surface area contributed by atoms with Crippen molar-refractivity contribution in [3.8, 4) is 0 Å². The van der Waals surface area contributed by atoms with Gasteiger partial charge in [0.2, 0.25) is 0 Å². The molecule has 2 heterocycles. The van der Waals surface area contributed by atoms with Crippen LogP contribution in [0.1, 0.15) is 31.2 Å². The van der Waals surface area contributed by atoms with Crippen molar-refractivity contribution in [3.63, 3.8) is 0 Å². The molecule has 5 heteroatoms. The Bertz CT molecular complexity index is 683. The molecule has 0 spiro atoms. The fourth-order valence-electron chi connectivity index (χ4n) is 5.12. The number of hydrogen-bond donors (Lipinski definition) is 1. The van der Waals surface area contributed by atoms with Crippen molar-refractivity contribution in [2.75, 3.05) is 39.8 Å². The quantitative estimate of drug-likeness (QED) is 0.640. The van der Waals surface area contributed by atoms with Gasteiger partial charge in [0.25, 0.3) is 0 Å². The first kappa shape index (κ1) is 17.5. The maximum Gasteiger partial charge on any atom is 0.193 e. The van der Waals surface area contributed by atoms with Crippen LogP contribution < -0.4 is 5.32 Å². The Labute approximate surface area is 162 Å². The van der Waals surface area contributed by atoms with Crippen LogP contribution in [-0.4, -0.2) is 67.7 Å². The Hall–Kier alpha value is -1.59. The van der Waals surface area contributed by atoms with E-state index in [1.165, 1.54) is 31.2 Å². The number of guanidine groups is 1. The fraction of sp³-hybridized carbons (Fsp3) is 0.682. The molecule has 2 aliphatic carbocycles. The van der Waals surface area contributed by atoms with Crippen LogP contribution in [0.25, 0.3) is 0 Å². The highest BCUT2D eigenvalue weighted by Gasteiger charge is 2.53. The molecule has 146 valence electrons. The number of hydrogen-bond acceptors (Lipinski definition) is 3. The molecular formula is C22H32N4O. The van der Waals surface area contributed by atoms with E-state index in [9.17, 15) is 0 Å². The minimum Gasteiger partial charge on any atom is -0.373 e. The highest BCUT2D eigenvalue weighted by molar-refractivity contribution is 5.80. The van der Waals surface area contributed by atoms with Gasteiger partial charge in [0.1, 0.15) is 0 Å². The summed E-state index contributed by atoms with van der Waals surface area (Å²) in [5.74, 6) is 2.05. The van der Waals surface area contributed by atoms with Crippen molar-refractivity contribution in [2.45, 2.75) is 44.4 Å². The van der Waals surface area contributed by atoms with Crippen LogP contribution in [0.4, 0.5) is 0 Å². The van der Waals surface area contributed by atoms with E-state index in [0.29, 0.717) is 17.6 Å². The van der Waals surface area contributed by atoms with Gasteiger partial charge in [0, 0.05) is 39.8 Å². The predicted octanol–water partition coefficient (Wildman–Crippen LogP) is 2.34. The zero-order chi connectivity index (χ0) is 18.3. The zero-order valence-corrected chi connectivity index (χ0v) is 16.4. The van der Waals surface area contributed by atoms with Crippen molar-refractivity contribution in [2.24, 2.45) is 16.3 Å². The van der Waals surface area contributed by atoms with Crippen LogP contribution in [0.15, 0.2) is 35.3 Å².